The largest absolute Gasteiger partial charge is 0.383 e. The van der Waals surface area contributed by atoms with Gasteiger partial charge >= 0.3 is 0 Å². The molecule has 2 heterocycles. The van der Waals surface area contributed by atoms with Crippen LogP contribution in [0.15, 0.2) is 18.5 Å². The van der Waals surface area contributed by atoms with Gasteiger partial charge in [0, 0.05) is 45.7 Å². The van der Waals surface area contributed by atoms with Crippen LogP contribution in [0.3, 0.4) is 0 Å². The van der Waals surface area contributed by atoms with E-state index in [4.69, 9.17) is 4.74 Å². The van der Waals surface area contributed by atoms with Crippen LogP contribution in [0, 0.1) is 0 Å². The van der Waals surface area contributed by atoms with Crippen molar-refractivity contribution in [3.8, 4) is 0 Å². The van der Waals surface area contributed by atoms with E-state index in [0.717, 1.165) is 39.0 Å². The number of likely N-dealkylation sites (tertiary alicyclic amines) is 1. The zero-order chi connectivity index (χ0) is 14.9. The van der Waals surface area contributed by atoms with Crippen molar-refractivity contribution in [1.82, 2.24) is 14.8 Å². The molecule has 0 radical (unpaired) electrons. The number of nitrogens with one attached hydrogen (secondary N) is 1. The summed E-state index contributed by atoms with van der Waals surface area (Å²) in [4.78, 5) is 14.3. The lowest BCUT2D eigenvalue weighted by molar-refractivity contribution is -0.131. The predicted molar refractivity (Wildman–Crippen MR) is 83.1 cm³/mol. The highest BCUT2D eigenvalue weighted by Gasteiger charge is 2.15. The number of ether oxygens (including phenoxy) is 1. The van der Waals surface area contributed by atoms with Crippen molar-refractivity contribution in [2.45, 2.75) is 38.8 Å². The van der Waals surface area contributed by atoms with E-state index >= 15 is 0 Å². The van der Waals surface area contributed by atoms with E-state index in [9.17, 15) is 4.79 Å². The lowest BCUT2D eigenvalue weighted by Crippen LogP contribution is -2.34. The lowest BCUT2D eigenvalue weighted by atomic mass is 10.2. The van der Waals surface area contributed by atoms with E-state index in [-0.39, 0.29) is 5.91 Å². The number of carbonyl (C=O) groups is 1. The van der Waals surface area contributed by atoms with E-state index in [0.29, 0.717) is 13.2 Å². The second-order valence-corrected chi connectivity index (χ2v) is 5.66. The molecule has 1 saturated heterocycles. The summed E-state index contributed by atoms with van der Waals surface area (Å²) in [5.74, 6) is 0.242. The van der Waals surface area contributed by atoms with Crippen LogP contribution in [0.5, 0.6) is 0 Å². The molecule has 1 aromatic heterocycles. The SMILES string of the molecule is COCCNCc1ccn(CC(=O)N2CCCCCC2)c1. The lowest BCUT2D eigenvalue weighted by Gasteiger charge is -2.20. The average molecular weight is 293 g/mol. The predicted octanol–water partition coefficient (Wildman–Crippen LogP) is 1.63. The van der Waals surface area contributed by atoms with Crippen LogP contribution >= 0.6 is 0 Å². The van der Waals surface area contributed by atoms with Gasteiger partial charge in [-0.15, -0.1) is 0 Å². The fraction of sp³-hybridized carbons (Fsp3) is 0.688. The summed E-state index contributed by atoms with van der Waals surface area (Å²) in [6.45, 7) is 4.67. The number of methoxy groups -OCH3 is 1. The Morgan fingerprint density at radius 3 is 2.76 bits per heavy atom. The Morgan fingerprint density at radius 2 is 2.05 bits per heavy atom. The maximum atomic E-state index is 12.3. The molecule has 0 atom stereocenters. The van der Waals surface area contributed by atoms with Gasteiger partial charge in [0.1, 0.15) is 6.54 Å². The normalized spacial score (nSPS) is 16.0. The Morgan fingerprint density at radius 1 is 1.29 bits per heavy atom. The molecule has 5 nitrogen and oxygen atoms in total. The monoisotopic (exact) mass is 293 g/mol. The highest BCUT2D eigenvalue weighted by molar-refractivity contribution is 5.76. The average Bonchev–Trinajstić information content (AvgIpc) is 2.76. The number of rotatable bonds is 7. The summed E-state index contributed by atoms with van der Waals surface area (Å²) >= 11 is 0. The quantitative estimate of drug-likeness (QED) is 0.777. The summed E-state index contributed by atoms with van der Waals surface area (Å²) in [7, 11) is 1.70. The molecule has 0 aliphatic carbocycles. The zero-order valence-electron chi connectivity index (χ0n) is 13.0. The molecule has 5 heteroatoms. The van der Waals surface area contributed by atoms with Crippen LogP contribution in [0.4, 0.5) is 0 Å². The molecule has 1 aliphatic heterocycles. The molecule has 1 N–H and O–H groups in total. The van der Waals surface area contributed by atoms with Gasteiger partial charge in [0.25, 0.3) is 0 Å². The van der Waals surface area contributed by atoms with Crippen molar-refractivity contribution in [2.75, 3.05) is 33.4 Å². The van der Waals surface area contributed by atoms with Crippen LogP contribution in [-0.2, 0) is 22.6 Å². The van der Waals surface area contributed by atoms with Crippen LogP contribution in [0.2, 0.25) is 0 Å². The summed E-state index contributed by atoms with van der Waals surface area (Å²) in [5.41, 5.74) is 1.20. The van der Waals surface area contributed by atoms with E-state index in [2.05, 4.69) is 17.6 Å². The molecule has 2 rings (SSSR count). The minimum Gasteiger partial charge on any atom is -0.383 e. The Kier molecular flexibility index (Phi) is 6.76. The van der Waals surface area contributed by atoms with Gasteiger partial charge < -0.3 is 19.5 Å². The second-order valence-electron chi connectivity index (χ2n) is 5.66. The number of hydrogen-bond acceptors (Lipinski definition) is 3. The Bertz CT molecular complexity index is 423. The molecule has 1 aromatic rings. The van der Waals surface area contributed by atoms with Crippen molar-refractivity contribution in [2.24, 2.45) is 0 Å². The first-order chi connectivity index (χ1) is 10.3. The number of nitrogens with zero attached hydrogens (tertiary/aromatic N) is 2. The van der Waals surface area contributed by atoms with E-state index < -0.39 is 0 Å². The molecular formula is C16H27N3O2. The van der Waals surface area contributed by atoms with Gasteiger partial charge in [-0.05, 0) is 24.5 Å². The molecule has 1 amide bonds. The third-order valence-corrected chi connectivity index (χ3v) is 3.90. The van der Waals surface area contributed by atoms with Gasteiger partial charge in [-0.2, -0.15) is 0 Å². The summed E-state index contributed by atoms with van der Waals surface area (Å²) in [6.07, 6.45) is 8.84. The van der Waals surface area contributed by atoms with Crippen LogP contribution in [0.25, 0.3) is 0 Å². The standard InChI is InChI=1S/C16H27N3O2/c1-21-11-7-17-12-15-6-10-18(13-15)14-16(20)19-8-4-2-3-5-9-19/h6,10,13,17H,2-5,7-9,11-12,14H2,1H3. The van der Waals surface area contributed by atoms with Gasteiger partial charge in [-0.3, -0.25) is 4.79 Å². The molecule has 1 aliphatic rings. The van der Waals surface area contributed by atoms with E-state index in [1.54, 1.807) is 7.11 Å². The first-order valence-corrected chi connectivity index (χ1v) is 7.91. The van der Waals surface area contributed by atoms with E-state index in [1.165, 1.54) is 18.4 Å². The number of carbonyl (C=O) groups excluding carboxylic acids is 1. The molecule has 0 aromatic carbocycles. The number of aromatic nitrogens is 1. The van der Waals surface area contributed by atoms with Gasteiger partial charge in [0.2, 0.25) is 5.91 Å². The fourth-order valence-corrected chi connectivity index (χ4v) is 2.68. The third kappa shape index (κ3) is 5.52. The van der Waals surface area contributed by atoms with Crippen molar-refractivity contribution in [3.63, 3.8) is 0 Å². The highest BCUT2D eigenvalue weighted by Crippen LogP contribution is 2.10. The van der Waals surface area contributed by atoms with E-state index in [1.807, 2.05) is 15.7 Å². The van der Waals surface area contributed by atoms with Gasteiger partial charge in [-0.1, -0.05) is 12.8 Å². The molecule has 0 unspecified atom stereocenters. The topological polar surface area (TPSA) is 46.5 Å². The Balaban J connectivity index is 1.77. The second kappa shape index (κ2) is 8.85. The maximum absolute atomic E-state index is 12.3. The smallest absolute Gasteiger partial charge is 0.242 e. The minimum atomic E-state index is 0.242. The fourth-order valence-electron chi connectivity index (χ4n) is 2.68. The highest BCUT2D eigenvalue weighted by atomic mass is 16.5. The maximum Gasteiger partial charge on any atom is 0.242 e. The van der Waals surface area contributed by atoms with Gasteiger partial charge in [0.05, 0.1) is 6.61 Å². The molecular weight excluding hydrogens is 266 g/mol. The molecule has 0 saturated carbocycles. The van der Waals surface area contributed by atoms with Crippen molar-refractivity contribution < 1.29 is 9.53 Å². The molecule has 1 fully saturated rings. The van der Waals surface area contributed by atoms with Crippen molar-refractivity contribution in [3.05, 3.63) is 24.0 Å². The molecule has 0 bridgehead atoms. The first-order valence-electron chi connectivity index (χ1n) is 7.91. The van der Waals surface area contributed by atoms with Gasteiger partial charge in [-0.25, -0.2) is 0 Å². The van der Waals surface area contributed by atoms with Crippen LogP contribution < -0.4 is 5.32 Å². The first kappa shape index (κ1) is 16.0. The number of amides is 1. The van der Waals surface area contributed by atoms with Crippen LogP contribution in [-0.4, -0.2) is 48.7 Å². The summed E-state index contributed by atoms with van der Waals surface area (Å²) < 4.78 is 6.98. The third-order valence-electron chi connectivity index (χ3n) is 3.90. The van der Waals surface area contributed by atoms with Crippen molar-refractivity contribution >= 4 is 5.91 Å². The van der Waals surface area contributed by atoms with Gasteiger partial charge in [0.15, 0.2) is 0 Å². The number of hydrogen-bond donors (Lipinski definition) is 1. The molecule has 0 spiro atoms. The Labute approximate surface area is 127 Å². The molecule has 118 valence electrons. The minimum absolute atomic E-state index is 0.242. The zero-order valence-corrected chi connectivity index (χ0v) is 13.0. The Hall–Kier alpha value is -1.33. The van der Waals surface area contributed by atoms with Crippen LogP contribution in [0.1, 0.15) is 31.2 Å². The van der Waals surface area contributed by atoms with Crippen molar-refractivity contribution in [1.29, 1.82) is 0 Å². The summed E-state index contributed by atoms with van der Waals surface area (Å²) in [6, 6.07) is 2.06. The summed E-state index contributed by atoms with van der Waals surface area (Å²) in [5, 5.41) is 3.31. The molecule has 21 heavy (non-hydrogen) atoms.